The first-order valence-electron chi connectivity index (χ1n) is 4.67. The lowest BCUT2D eigenvalue weighted by Gasteiger charge is -2.18. The van der Waals surface area contributed by atoms with Crippen LogP contribution in [0.1, 0.15) is 0 Å². The number of alkyl halides is 3. The molecule has 0 atom stereocenters. The van der Waals surface area contributed by atoms with E-state index in [0.717, 1.165) is 4.90 Å². The van der Waals surface area contributed by atoms with Crippen molar-refractivity contribution in [2.75, 3.05) is 11.4 Å². The summed E-state index contributed by atoms with van der Waals surface area (Å²) in [5.74, 6) is -1.27. The molecule has 3 amide bonds. The van der Waals surface area contributed by atoms with Crippen LogP contribution < -0.4 is 4.90 Å². The molecule has 0 radical (unpaired) electrons. The van der Waals surface area contributed by atoms with Crippen molar-refractivity contribution in [3.8, 4) is 0 Å². The normalized spacial score (nSPS) is 16.9. The predicted octanol–water partition coefficient (Wildman–Crippen LogP) is 1.97. The molecule has 90 valence electrons. The van der Waals surface area contributed by atoms with E-state index < -0.39 is 29.7 Å². The molecule has 1 fully saturated rings. The number of halogens is 3. The number of carbonyl (C=O) groups is 2. The highest BCUT2D eigenvalue weighted by Gasteiger charge is 2.52. The van der Waals surface area contributed by atoms with Crippen molar-refractivity contribution in [1.82, 2.24) is 4.90 Å². The third kappa shape index (κ3) is 1.95. The van der Waals surface area contributed by atoms with Gasteiger partial charge < -0.3 is 0 Å². The Morgan fingerprint density at radius 1 is 1.06 bits per heavy atom. The van der Waals surface area contributed by atoms with Crippen LogP contribution in [0.25, 0.3) is 0 Å². The second-order valence-electron chi connectivity index (χ2n) is 3.40. The zero-order chi connectivity index (χ0) is 12.6. The van der Waals surface area contributed by atoms with Gasteiger partial charge in [0.1, 0.15) is 6.54 Å². The fourth-order valence-electron chi connectivity index (χ4n) is 1.56. The lowest BCUT2D eigenvalue weighted by molar-refractivity contribution is -0.217. The van der Waals surface area contributed by atoms with Gasteiger partial charge in [0.15, 0.2) is 0 Å². The smallest absolute Gasteiger partial charge is 0.284 e. The van der Waals surface area contributed by atoms with Gasteiger partial charge in [-0.1, -0.05) is 18.2 Å². The number of carbonyl (C=O) groups excluding carboxylic acids is 2. The molecule has 0 N–H and O–H groups in total. The largest absolute Gasteiger partial charge is 0.495 e. The first-order valence-corrected chi connectivity index (χ1v) is 4.67. The van der Waals surface area contributed by atoms with Gasteiger partial charge in [0.25, 0.3) is 5.91 Å². The van der Waals surface area contributed by atoms with E-state index in [1.165, 1.54) is 12.1 Å². The highest BCUT2D eigenvalue weighted by atomic mass is 19.4. The molecule has 0 aromatic heterocycles. The van der Waals surface area contributed by atoms with Crippen LogP contribution in [0.15, 0.2) is 30.3 Å². The van der Waals surface area contributed by atoms with Crippen LogP contribution in [-0.4, -0.2) is 29.7 Å². The maximum Gasteiger partial charge on any atom is 0.495 e. The molecule has 1 aliphatic heterocycles. The van der Waals surface area contributed by atoms with Crippen LogP contribution in [0.2, 0.25) is 0 Å². The van der Waals surface area contributed by atoms with Gasteiger partial charge in [-0.2, -0.15) is 4.90 Å². The topological polar surface area (TPSA) is 40.6 Å². The second kappa shape index (κ2) is 3.76. The molecule has 1 aromatic rings. The van der Waals surface area contributed by atoms with Crippen LogP contribution in [0, 0.1) is 0 Å². The van der Waals surface area contributed by atoms with Crippen LogP contribution in [0.3, 0.4) is 0 Å². The summed E-state index contributed by atoms with van der Waals surface area (Å²) in [6.07, 6.45) is -4.97. The summed E-state index contributed by atoms with van der Waals surface area (Å²) in [6.45, 7) is -0.595. The molecular formula is C10H7F3N2O2. The third-order valence-electron chi connectivity index (χ3n) is 2.29. The number of para-hydroxylation sites is 1. The van der Waals surface area contributed by atoms with Crippen molar-refractivity contribution in [2.24, 2.45) is 0 Å². The second-order valence-corrected chi connectivity index (χ2v) is 3.40. The maximum atomic E-state index is 12.4. The summed E-state index contributed by atoms with van der Waals surface area (Å²) >= 11 is 0. The Hall–Kier alpha value is -2.05. The van der Waals surface area contributed by atoms with Crippen molar-refractivity contribution in [2.45, 2.75) is 6.30 Å². The number of rotatable bonds is 1. The summed E-state index contributed by atoms with van der Waals surface area (Å²) < 4.78 is 37.2. The van der Waals surface area contributed by atoms with Crippen molar-refractivity contribution in [3.05, 3.63) is 30.3 Å². The highest BCUT2D eigenvalue weighted by molar-refractivity contribution is 6.12. The summed E-state index contributed by atoms with van der Waals surface area (Å²) in [4.78, 5) is 22.7. The van der Waals surface area contributed by atoms with E-state index in [4.69, 9.17) is 0 Å². The zero-order valence-electron chi connectivity index (χ0n) is 8.44. The van der Waals surface area contributed by atoms with E-state index in [-0.39, 0.29) is 5.69 Å². The number of amides is 3. The summed E-state index contributed by atoms with van der Waals surface area (Å²) in [6, 6.07) is 6.37. The van der Waals surface area contributed by atoms with Crippen LogP contribution in [-0.2, 0) is 4.79 Å². The van der Waals surface area contributed by atoms with Crippen molar-refractivity contribution >= 4 is 17.6 Å². The number of benzene rings is 1. The molecule has 2 rings (SSSR count). The van der Waals surface area contributed by atoms with Gasteiger partial charge >= 0.3 is 12.3 Å². The molecule has 1 aromatic carbocycles. The Kier molecular flexibility index (Phi) is 2.53. The quantitative estimate of drug-likeness (QED) is 0.559. The highest BCUT2D eigenvalue weighted by Crippen LogP contribution is 2.29. The number of urea groups is 1. The van der Waals surface area contributed by atoms with Crippen LogP contribution >= 0.6 is 0 Å². The van der Waals surface area contributed by atoms with E-state index in [0.29, 0.717) is 0 Å². The molecule has 0 unspecified atom stereocenters. The minimum atomic E-state index is -4.97. The Labute approximate surface area is 94.2 Å². The van der Waals surface area contributed by atoms with Crippen LogP contribution in [0.5, 0.6) is 0 Å². The van der Waals surface area contributed by atoms with Gasteiger partial charge in [-0.05, 0) is 12.1 Å². The molecule has 0 aliphatic carbocycles. The summed E-state index contributed by atoms with van der Waals surface area (Å²) in [5.41, 5.74) is 0.262. The van der Waals surface area contributed by atoms with Gasteiger partial charge in [0.2, 0.25) is 0 Å². The number of hydrogen-bond donors (Lipinski definition) is 0. The van der Waals surface area contributed by atoms with Crippen molar-refractivity contribution in [1.29, 1.82) is 0 Å². The van der Waals surface area contributed by atoms with Gasteiger partial charge in [-0.25, -0.2) is 4.79 Å². The van der Waals surface area contributed by atoms with Gasteiger partial charge in [0, 0.05) is 5.69 Å². The minimum Gasteiger partial charge on any atom is -0.284 e. The van der Waals surface area contributed by atoms with Crippen molar-refractivity contribution < 1.29 is 22.8 Å². The molecule has 1 aliphatic rings. The van der Waals surface area contributed by atoms with Gasteiger partial charge in [0.05, 0.1) is 0 Å². The number of nitrogens with zero attached hydrogens (tertiary/aromatic N) is 2. The SMILES string of the molecule is O=C1CN(c2ccccc2)C(=O)N1C(F)(F)F. The average Bonchev–Trinajstić information content (AvgIpc) is 2.54. The van der Waals surface area contributed by atoms with E-state index in [1.54, 1.807) is 18.2 Å². The monoisotopic (exact) mass is 244 g/mol. The molecule has 4 nitrogen and oxygen atoms in total. The van der Waals surface area contributed by atoms with Gasteiger partial charge in [-0.15, -0.1) is 13.2 Å². The Balaban J connectivity index is 2.31. The summed E-state index contributed by atoms with van der Waals surface area (Å²) in [5, 5.41) is 0. The Morgan fingerprint density at radius 3 is 2.12 bits per heavy atom. The first kappa shape index (κ1) is 11.4. The molecule has 1 heterocycles. The van der Waals surface area contributed by atoms with E-state index in [1.807, 2.05) is 0 Å². The molecule has 7 heteroatoms. The minimum absolute atomic E-state index is 0.262. The number of imide groups is 1. The molecule has 1 saturated heterocycles. The molecule has 0 saturated carbocycles. The third-order valence-corrected chi connectivity index (χ3v) is 2.29. The summed E-state index contributed by atoms with van der Waals surface area (Å²) in [7, 11) is 0. The zero-order valence-corrected chi connectivity index (χ0v) is 8.44. The molecular weight excluding hydrogens is 237 g/mol. The van der Waals surface area contributed by atoms with E-state index >= 15 is 0 Å². The van der Waals surface area contributed by atoms with E-state index in [9.17, 15) is 22.8 Å². The van der Waals surface area contributed by atoms with E-state index in [2.05, 4.69) is 0 Å². The standard InChI is InChI=1S/C10H7F3N2O2/c11-10(12,13)15-8(16)6-14(9(15)17)7-4-2-1-3-5-7/h1-5H,6H2. The fourth-order valence-corrected chi connectivity index (χ4v) is 1.56. The van der Waals surface area contributed by atoms with Gasteiger partial charge in [-0.3, -0.25) is 9.69 Å². The lowest BCUT2D eigenvalue weighted by Crippen LogP contribution is -2.43. The Bertz CT molecular complexity index is 458. The first-order chi connectivity index (χ1) is 7.91. The molecule has 0 bridgehead atoms. The lowest BCUT2D eigenvalue weighted by atomic mass is 10.3. The molecule has 17 heavy (non-hydrogen) atoms. The fraction of sp³-hybridized carbons (Fsp3) is 0.200. The molecule has 0 spiro atoms. The predicted molar refractivity (Wildman–Crippen MR) is 52.1 cm³/mol. The Morgan fingerprint density at radius 2 is 1.65 bits per heavy atom. The maximum absolute atomic E-state index is 12.4. The van der Waals surface area contributed by atoms with Crippen LogP contribution in [0.4, 0.5) is 23.7 Å². The number of anilines is 1. The number of hydrogen-bond acceptors (Lipinski definition) is 2. The van der Waals surface area contributed by atoms with Crippen molar-refractivity contribution in [3.63, 3.8) is 0 Å². The average molecular weight is 244 g/mol.